The van der Waals surface area contributed by atoms with Crippen molar-refractivity contribution >= 4 is 21.5 Å². The maximum Gasteiger partial charge on any atom is 0.194 e. The molecule has 0 N–H and O–H groups in total. The molecule has 0 unspecified atom stereocenters. The van der Waals surface area contributed by atoms with Crippen LogP contribution in [0, 0.1) is 81.6 Å². The van der Waals surface area contributed by atoms with Gasteiger partial charge < -0.3 is 4.48 Å². The molecule has 1 aliphatic heterocycles. The Morgan fingerprint density at radius 1 is 0.316 bits per heavy atom. The summed E-state index contributed by atoms with van der Waals surface area (Å²) in [6.45, 7) is 10.3. The first-order valence-corrected chi connectivity index (χ1v) is 25.5. The van der Waals surface area contributed by atoms with Gasteiger partial charge in [-0.2, -0.15) is 0 Å². The van der Waals surface area contributed by atoms with Gasteiger partial charge in [-0.1, -0.05) is 76.2 Å². The molecule has 0 saturated heterocycles. The van der Waals surface area contributed by atoms with Crippen LogP contribution >= 0.6 is 0 Å². The Morgan fingerprint density at radius 2 is 0.557 bits per heavy atom. The summed E-state index contributed by atoms with van der Waals surface area (Å²) in [4.78, 5) is 0. The summed E-state index contributed by atoms with van der Waals surface area (Å²) in [5.74, 6) is -18.5. The molecule has 0 aromatic heterocycles. The van der Waals surface area contributed by atoms with E-state index in [2.05, 4.69) is 27.7 Å². The summed E-state index contributed by atoms with van der Waals surface area (Å²) >= 11 is 0. The largest absolute Gasteiger partial charge is 0.316 e. The highest BCUT2D eigenvalue weighted by Gasteiger charge is 2.39. The Morgan fingerprint density at radius 3 is 0.823 bits per heavy atom. The van der Waals surface area contributed by atoms with Gasteiger partial charge in [0.05, 0.1) is 13.1 Å². The van der Waals surface area contributed by atoms with Crippen molar-refractivity contribution in [3.8, 4) is 77.9 Å². The fourth-order valence-corrected chi connectivity index (χ4v) is 11.9. The lowest BCUT2D eigenvalue weighted by Crippen LogP contribution is -2.50. The summed E-state index contributed by atoms with van der Waals surface area (Å²) in [7, 11) is 0. The molecule has 11 rings (SSSR count). The predicted molar refractivity (Wildman–Crippen MR) is 286 cm³/mol. The number of hydrogen-bond acceptors (Lipinski definition) is 0. The fourth-order valence-electron chi connectivity index (χ4n) is 11.9. The fraction of sp³-hybridized carbons (Fsp3) is 0.152. The molecule has 0 aliphatic carbocycles. The highest BCUT2D eigenvalue weighted by Crippen LogP contribution is 2.52. The summed E-state index contributed by atoms with van der Waals surface area (Å²) in [5, 5.41) is 3.09. The van der Waals surface area contributed by atoms with E-state index in [0.29, 0.717) is 52.9 Å². The minimum atomic E-state index is -1.70. The Kier molecular flexibility index (Phi) is 13.6. The van der Waals surface area contributed by atoms with Gasteiger partial charge in [0.1, 0.15) is 13.1 Å². The van der Waals surface area contributed by atoms with E-state index in [1.165, 1.54) is 12.1 Å². The number of benzene rings is 10. The maximum absolute atomic E-state index is 15.1. The number of quaternary nitrogens is 1. The van der Waals surface area contributed by atoms with Crippen molar-refractivity contribution in [1.82, 2.24) is 0 Å². The van der Waals surface area contributed by atoms with Gasteiger partial charge >= 0.3 is 0 Å². The predicted octanol–water partition coefficient (Wildman–Crippen LogP) is 19.5. The van der Waals surface area contributed by atoms with Crippen LogP contribution < -0.4 is 0 Å². The molecule has 10 aromatic carbocycles. The molecule has 0 saturated carbocycles. The molecule has 79 heavy (non-hydrogen) atoms. The van der Waals surface area contributed by atoms with E-state index in [-0.39, 0.29) is 56.3 Å². The van der Waals surface area contributed by atoms with Crippen molar-refractivity contribution in [2.24, 2.45) is 11.8 Å². The van der Waals surface area contributed by atoms with Gasteiger partial charge in [-0.25, -0.2) is 52.7 Å². The summed E-state index contributed by atoms with van der Waals surface area (Å²) in [6.07, 6.45) is 0. The summed E-state index contributed by atoms with van der Waals surface area (Å²) < 4.78 is 180. The van der Waals surface area contributed by atoms with Crippen LogP contribution in [0.1, 0.15) is 38.8 Å². The van der Waals surface area contributed by atoms with Crippen LogP contribution in [0.4, 0.5) is 52.7 Å². The average molecular weight is 1080 g/mol. The second-order valence-corrected chi connectivity index (χ2v) is 21.4. The van der Waals surface area contributed by atoms with Crippen molar-refractivity contribution in [2.45, 2.75) is 40.8 Å². The zero-order chi connectivity index (χ0) is 55.9. The second kappa shape index (κ2) is 20.3. The molecule has 398 valence electrons. The lowest BCUT2D eigenvalue weighted by atomic mass is 9.81. The molecule has 0 spiro atoms. The van der Waals surface area contributed by atoms with E-state index in [9.17, 15) is 17.6 Å². The molecule has 1 nitrogen and oxygen atoms in total. The lowest BCUT2D eigenvalue weighted by molar-refractivity contribution is -0.958. The van der Waals surface area contributed by atoms with E-state index in [0.717, 1.165) is 92.3 Å². The molecular weight excluding hydrogens is 1030 g/mol. The highest BCUT2D eigenvalue weighted by atomic mass is 19.2. The van der Waals surface area contributed by atoms with Crippen molar-refractivity contribution in [1.29, 1.82) is 0 Å². The summed E-state index contributed by atoms with van der Waals surface area (Å²) in [5.41, 5.74) is 5.42. The smallest absolute Gasteiger partial charge is 0.194 e. The van der Waals surface area contributed by atoms with Gasteiger partial charge in [-0.15, -0.1) is 0 Å². The number of halogens is 12. The molecule has 0 amide bonds. The van der Waals surface area contributed by atoms with Crippen LogP contribution in [0.2, 0.25) is 0 Å². The van der Waals surface area contributed by atoms with Gasteiger partial charge in [-0.3, -0.25) is 0 Å². The standard InChI is InChI=1S/C66H46F12N/c1-33(2)29-79(30-34(3)4)31-51-49(45-15-37(41-21-53(67)63(75)54(68)22-41)13-38(16-45)42-23-55(69)64(76)56(70)24-42)19-35-9-5-7-11-47(35)61(51)62-48-12-8-6-10-36(48)20-50(52(62)32-79)46-17-39(43-25-57(71)65(77)58(72)26-43)14-40(18-46)44-27-59(73)66(78)60(74)28-44/h5-28,33-34H,29-32H2,1-4H3/q+1. The van der Waals surface area contributed by atoms with Crippen LogP contribution in [0.5, 0.6) is 0 Å². The van der Waals surface area contributed by atoms with E-state index in [1.54, 1.807) is 24.3 Å². The third kappa shape index (κ3) is 9.72. The monoisotopic (exact) mass is 1080 g/mol. The summed E-state index contributed by atoms with van der Waals surface area (Å²) in [6, 6.07) is 35.3. The SMILES string of the molecule is CC(C)C[N+]1(CC(C)C)Cc2c(-c3cc(-c4cc(F)c(F)c(F)c4)cc(-c4cc(F)c(F)c(F)c4)c3)cc3ccccc3c2-c2c(c(-c3cc(-c4cc(F)c(F)c(F)c4)cc(-c4cc(F)c(F)c(F)c4)c3)cc3ccccc23)C1. The first-order chi connectivity index (χ1) is 37.6. The van der Waals surface area contributed by atoms with Gasteiger partial charge in [0.15, 0.2) is 69.8 Å². The Balaban J connectivity index is 1.29. The average Bonchev–Trinajstić information content (AvgIpc) is 3.89. The highest BCUT2D eigenvalue weighted by molar-refractivity contribution is 6.12. The molecule has 1 aliphatic rings. The first-order valence-electron chi connectivity index (χ1n) is 25.5. The second-order valence-electron chi connectivity index (χ2n) is 21.4. The third-order valence-electron chi connectivity index (χ3n) is 14.8. The van der Waals surface area contributed by atoms with Crippen LogP contribution in [0.15, 0.2) is 146 Å². The van der Waals surface area contributed by atoms with E-state index in [4.69, 9.17) is 0 Å². The van der Waals surface area contributed by atoms with E-state index >= 15 is 35.1 Å². The van der Waals surface area contributed by atoms with Crippen LogP contribution in [0.3, 0.4) is 0 Å². The molecule has 1 heterocycles. The number of hydrogen-bond donors (Lipinski definition) is 0. The quantitative estimate of drug-likeness (QED) is 0.0727. The Hall–Kier alpha value is -8.16. The Labute approximate surface area is 447 Å². The van der Waals surface area contributed by atoms with Gasteiger partial charge in [0.25, 0.3) is 0 Å². The topological polar surface area (TPSA) is 0 Å². The molecule has 13 heteroatoms. The molecule has 0 fully saturated rings. The molecule has 0 atom stereocenters. The van der Waals surface area contributed by atoms with Crippen molar-refractivity contribution in [3.05, 3.63) is 227 Å². The van der Waals surface area contributed by atoms with Crippen molar-refractivity contribution in [3.63, 3.8) is 0 Å². The van der Waals surface area contributed by atoms with Gasteiger partial charge in [0.2, 0.25) is 0 Å². The zero-order valence-corrected chi connectivity index (χ0v) is 42.8. The zero-order valence-electron chi connectivity index (χ0n) is 42.8. The lowest BCUT2D eigenvalue weighted by Gasteiger charge is -2.41. The number of rotatable bonds is 10. The van der Waals surface area contributed by atoms with Crippen molar-refractivity contribution in [2.75, 3.05) is 13.1 Å². The first kappa shape index (κ1) is 52.9. The van der Waals surface area contributed by atoms with E-state index in [1.807, 2.05) is 60.7 Å². The molecule has 0 bridgehead atoms. The number of fused-ring (bicyclic) bond motifs is 7. The number of nitrogens with zero attached hydrogens (tertiary/aromatic N) is 1. The molecular formula is C66H46F12N+. The van der Waals surface area contributed by atoms with Crippen molar-refractivity contribution < 1.29 is 57.2 Å². The molecule has 10 aromatic rings. The van der Waals surface area contributed by atoms with Gasteiger partial charge in [-0.05, 0) is 185 Å². The van der Waals surface area contributed by atoms with Gasteiger partial charge in [0, 0.05) is 34.1 Å². The minimum absolute atomic E-state index is 0.0690. The van der Waals surface area contributed by atoms with E-state index < -0.39 is 69.8 Å². The van der Waals surface area contributed by atoms with Crippen LogP contribution in [-0.2, 0) is 13.1 Å². The maximum atomic E-state index is 15.1. The third-order valence-corrected chi connectivity index (χ3v) is 14.8. The molecule has 0 radical (unpaired) electrons. The van der Waals surface area contributed by atoms with Crippen LogP contribution in [0.25, 0.3) is 99.4 Å². The Bertz CT molecular complexity index is 3630. The van der Waals surface area contributed by atoms with Crippen LogP contribution in [-0.4, -0.2) is 17.6 Å². The normalized spacial score (nSPS) is 13.1. The minimum Gasteiger partial charge on any atom is -0.316 e.